The van der Waals surface area contributed by atoms with E-state index in [1.807, 2.05) is 18.2 Å². The number of carbonyl (C=O) groups is 1. The first-order valence-corrected chi connectivity index (χ1v) is 9.29. The van der Waals surface area contributed by atoms with E-state index in [-0.39, 0.29) is 12.5 Å². The van der Waals surface area contributed by atoms with Gasteiger partial charge in [-0.3, -0.25) is 9.69 Å². The number of β-amino-alcohol motifs (C(OH)–C–C–N with tert-alkyl or cyclic N) is 1. The fourth-order valence-corrected chi connectivity index (χ4v) is 3.87. The molecule has 0 radical (unpaired) electrons. The second kappa shape index (κ2) is 8.57. The zero-order valence-corrected chi connectivity index (χ0v) is 15.8. The molecule has 140 valence electrons. The number of aliphatic hydroxyl groups is 1. The molecule has 2 aliphatic rings. The van der Waals surface area contributed by atoms with E-state index < -0.39 is 0 Å². The Hall–Kier alpha value is -2.03. The Balaban J connectivity index is 1.69. The maximum atomic E-state index is 12.3. The number of hydrogen-bond donors (Lipinski definition) is 1. The Morgan fingerprint density at radius 2 is 2.00 bits per heavy atom. The minimum atomic E-state index is -0.222. The van der Waals surface area contributed by atoms with Gasteiger partial charge in [-0.1, -0.05) is 0 Å². The van der Waals surface area contributed by atoms with Gasteiger partial charge < -0.3 is 19.5 Å². The zero-order chi connectivity index (χ0) is 18.5. The SMILES string of the molecule is COc1ccc(/C=C2/SC(N3CCN(CCO)CC3)=NC2=O)c(OC)c1. The van der Waals surface area contributed by atoms with Gasteiger partial charge in [-0.2, -0.15) is 4.99 Å². The molecule has 0 aliphatic carbocycles. The van der Waals surface area contributed by atoms with Crippen molar-refractivity contribution in [3.05, 3.63) is 28.7 Å². The van der Waals surface area contributed by atoms with Crippen LogP contribution in [0.15, 0.2) is 28.1 Å². The number of aliphatic imine (C=N–C) groups is 1. The van der Waals surface area contributed by atoms with E-state index in [9.17, 15) is 4.79 Å². The molecule has 0 aromatic heterocycles. The van der Waals surface area contributed by atoms with Crippen LogP contribution >= 0.6 is 11.8 Å². The molecule has 0 atom stereocenters. The van der Waals surface area contributed by atoms with E-state index in [4.69, 9.17) is 14.6 Å². The largest absolute Gasteiger partial charge is 0.497 e. The van der Waals surface area contributed by atoms with E-state index in [2.05, 4.69) is 14.8 Å². The molecule has 8 heteroatoms. The average molecular weight is 377 g/mol. The first-order valence-electron chi connectivity index (χ1n) is 8.47. The molecule has 1 fully saturated rings. The molecule has 1 aromatic carbocycles. The van der Waals surface area contributed by atoms with Crippen LogP contribution in [0.2, 0.25) is 0 Å². The van der Waals surface area contributed by atoms with Gasteiger partial charge in [-0.15, -0.1) is 0 Å². The average Bonchev–Trinajstić information content (AvgIpc) is 3.03. The number of nitrogens with zero attached hydrogens (tertiary/aromatic N) is 3. The predicted octanol–water partition coefficient (Wildman–Crippen LogP) is 1.28. The lowest BCUT2D eigenvalue weighted by Crippen LogP contribution is -2.48. The molecule has 2 heterocycles. The van der Waals surface area contributed by atoms with Gasteiger partial charge in [-0.05, 0) is 30.0 Å². The number of methoxy groups -OCH3 is 2. The molecule has 0 spiro atoms. The van der Waals surface area contributed by atoms with Crippen LogP contribution in [-0.4, -0.2) is 79.5 Å². The van der Waals surface area contributed by atoms with Crippen LogP contribution in [0.1, 0.15) is 5.56 Å². The molecule has 3 rings (SSSR count). The number of rotatable bonds is 5. The predicted molar refractivity (Wildman–Crippen MR) is 103 cm³/mol. The maximum absolute atomic E-state index is 12.3. The summed E-state index contributed by atoms with van der Waals surface area (Å²) >= 11 is 1.40. The maximum Gasteiger partial charge on any atom is 0.286 e. The van der Waals surface area contributed by atoms with Crippen molar-refractivity contribution in [1.29, 1.82) is 0 Å². The van der Waals surface area contributed by atoms with Crippen molar-refractivity contribution >= 4 is 28.9 Å². The number of thioether (sulfide) groups is 1. The summed E-state index contributed by atoms with van der Waals surface area (Å²) in [6.07, 6.45) is 1.81. The van der Waals surface area contributed by atoms with Gasteiger partial charge in [0.05, 0.1) is 25.7 Å². The highest BCUT2D eigenvalue weighted by atomic mass is 32.2. The minimum absolute atomic E-state index is 0.171. The molecular formula is C18H23N3O4S. The van der Waals surface area contributed by atoms with Crippen molar-refractivity contribution in [1.82, 2.24) is 9.80 Å². The number of amidine groups is 1. The Kier molecular flexibility index (Phi) is 6.18. The van der Waals surface area contributed by atoms with E-state index in [1.54, 1.807) is 20.3 Å². The lowest BCUT2D eigenvalue weighted by molar-refractivity contribution is -0.113. The molecule has 1 saturated heterocycles. The number of piperazine rings is 1. The molecule has 0 bridgehead atoms. The highest BCUT2D eigenvalue weighted by Crippen LogP contribution is 2.33. The van der Waals surface area contributed by atoms with Gasteiger partial charge in [0.15, 0.2) is 5.17 Å². The highest BCUT2D eigenvalue weighted by molar-refractivity contribution is 8.18. The van der Waals surface area contributed by atoms with Gasteiger partial charge in [-0.25, -0.2) is 0 Å². The van der Waals surface area contributed by atoms with Gasteiger partial charge >= 0.3 is 0 Å². The van der Waals surface area contributed by atoms with Crippen molar-refractivity contribution < 1.29 is 19.4 Å². The molecule has 1 aromatic rings. The normalized spacial score (nSPS) is 19.8. The van der Waals surface area contributed by atoms with Crippen molar-refractivity contribution in [2.75, 3.05) is 53.6 Å². The van der Waals surface area contributed by atoms with E-state index in [1.165, 1.54) is 11.8 Å². The second-order valence-corrected chi connectivity index (χ2v) is 6.98. The third kappa shape index (κ3) is 4.20. The molecule has 0 saturated carbocycles. The van der Waals surface area contributed by atoms with Crippen molar-refractivity contribution in [2.24, 2.45) is 4.99 Å². The first-order chi connectivity index (χ1) is 12.6. The molecule has 1 N–H and O–H groups in total. The lowest BCUT2D eigenvalue weighted by atomic mass is 10.1. The number of amides is 1. The first kappa shape index (κ1) is 18.8. The molecule has 1 amide bonds. The van der Waals surface area contributed by atoms with Gasteiger partial charge in [0, 0.05) is 44.4 Å². The topological polar surface area (TPSA) is 74.6 Å². The Morgan fingerprint density at radius 3 is 2.65 bits per heavy atom. The van der Waals surface area contributed by atoms with Crippen molar-refractivity contribution in [3.8, 4) is 11.5 Å². The van der Waals surface area contributed by atoms with Crippen LogP contribution in [0, 0.1) is 0 Å². The van der Waals surface area contributed by atoms with Crippen LogP contribution in [0.3, 0.4) is 0 Å². The Labute approximate surface area is 157 Å². The molecule has 26 heavy (non-hydrogen) atoms. The Morgan fingerprint density at radius 1 is 1.23 bits per heavy atom. The summed E-state index contributed by atoms with van der Waals surface area (Å²) < 4.78 is 10.6. The fraction of sp³-hybridized carbons (Fsp3) is 0.444. The summed E-state index contributed by atoms with van der Waals surface area (Å²) in [5, 5.41) is 9.78. The van der Waals surface area contributed by atoms with Crippen molar-refractivity contribution in [2.45, 2.75) is 0 Å². The van der Waals surface area contributed by atoms with E-state index in [0.717, 1.165) is 36.9 Å². The lowest BCUT2D eigenvalue weighted by Gasteiger charge is -2.34. The summed E-state index contributed by atoms with van der Waals surface area (Å²) in [6, 6.07) is 5.49. The van der Waals surface area contributed by atoms with Crippen LogP contribution in [0.4, 0.5) is 0 Å². The Bertz CT molecular complexity index is 727. The van der Waals surface area contributed by atoms with Gasteiger partial charge in [0.25, 0.3) is 5.91 Å². The number of benzene rings is 1. The molecule has 7 nitrogen and oxygen atoms in total. The highest BCUT2D eigenvalue weighted by Gasteiger charge is 2.28. The molecular weight excluding hydrogens is 354 g/mol. The monoisotopic (exact) mass is 377 g/mol. The van der Waals surface area contributed by atoms with Crippen LogP contribution < -0.4 is 9.47 Å². The van der Waals surface area contributed by atoms with E-state index in [0.29, 0.717) is 22.9 Å². The van der Waals surface area contributed by atoms with Gasteiger partial charge in [0.1, 0.15) is 11.5 Å². The quantitative estimate of drug-likeness (QED) is 0.775. The summed E-state index contributed by atoms with van der Waals surface area (Å²) in [4.78, 5) is 21.4. The summed E-state index contributed by atoms with van der Waals surface area (Å²) in [5.41, 5.74) is 0.813. The number of ether oxygens (including phenoxy) is 2. The number of carbonyl (C=O) groups excluding carboxylic acids is 1. The summed E-state index contributed by atoms with van der Waals surface area (Å²) in [7, 11) is 3.19. The van der Waals surface area contributed by atoms with Crippen molar-refractivity contribution in [3.63, 3.8) is 0 Å². The smallest absolute Gasteiger partial charge is 0.286 e. The summed E-state index contributed by atoms with van der Waals surface area (Å²) in [6.45, 7) is 4.19. The summed E-state index contributed by atoms with van der Waals surface area (Å²) in [5.74, 6) is 1.13. The molecule has 0 unspecified atom stereocenters. The minimum Gasteiger partial charge on any atom is -0.497 e. The van der Waals surface area contributed by atoms with E-state index >= 15 is 0 Å². The number of hydrogen-bond acceptors (Lipinski definition) is 7. The van der Waals surface area contributed by atoms with Gasteiger partial charge in [0.2, 0.25) is 0 Å². The fourth-order valence-electron chi connectivity index (χ4n) is 2.92. The standard InChI is InChI=1S/C18H23N3O4S/c1-24-14-4-3-13(15(12-14)25-2)11-16-17(23)19-18(26-16)21-7-5-20(6-8-21)9-10-22/h3-4,11-12,22H,5-10H2,1-2H3/b16-11+. The third-order valence-electron chi connectivity index (χ3n) is 4.40. The van der Waals surface area contributed by atoms with Crippen LogP contribution in [-0.2, 0) is 4.79 Å². The van der Waals surface area contributed by atoms with Crippen LogP contribution in [0.5, 0.6) is 11.5 Å². The number of aliphatic hydroxyl groups excluding tert-OH is 1. The second-order valence-electron chi connectivity index (χ2n) is 5.97. The third-order valence-corrected chi connectivity index (χ3v) is 5.44. The molecule has 2 aliphatic heterocycles. The van der Waals surface area contributed by atoms with Crippen LogP contribution in [0.25, 0.3) is 6.08 Å². The zero-order valence-electron chi connectivity index (χ0n) is 15.0.